The van der Waals surface area contributed by atoms with Gasteiger partial charge in [0.05, 0.1) is 35.8 Å². The van der Waals surface area contributed by atoms with Crippen LogP contribution in [0.15, 0.2) is 47.2 Å². The van der Waals surface area contributed by atoms with Gasteiger partial charge in [0.15, 0.2) is 17.7 Å². The van der Waals surface area contributed by atoms with Gasteiger partial charge in [-0.25, -0.2) is 19.4 Å². The molecule has 7 rings (SSSR count). The zero-order chi connectivity index (χ0) is 30.9. The fraction of sp³-hybridized carbons (Fsp3) is 0.531. The van der Waals surface area contributed by atoms with Crippen molar-refractivity contribution < 1.29 is 33.0 Å². The summed E-state index contributed by atoms with van der Waals surface area (Å²) in [6.45, 7) is 4.26. The van der Waals surface area contributed by atoms with Crippen LogP contribution in [-0.4, -0.2) is 60.7 Å². The third kappa shape index (κ3) is 4.24. The SMILES string of the molecule is COCSC(=O)[C@@]1(OC(=O)c2cocn2)CC[C@H]2[C@@H]3CCC4=Cc5c(cnn5-c5ccc(F)nc5)C[C@]4(C)[C@H]3[C@@H](O)C[C@@]21C. The minimum absolute atomic E-state index is 0.00475. The van der Waals surface area contributed by atoms with Crippen molar-refractivity contribution in [2.75, 3.05) is 13.0 Å². The number of esters is 1. The Balaban J connectivity index is 1.22. The number of allylic oxidation sites excluding steroid dienone is 1. The Morgan fingerprint density at radius 2 is 2.07 bits per heavy atom. The van der Waals surface area contributed by atoms with Crippen molar-refractivity contribution in [1.82, 2.24) is 19.7 Å². The molecule has 10 nitrogen and oxygen atoms in total. The van der Waals surface area contributed by atoms with Gasteiger partial charge in [0.25, 0.3) is 0 Å². The quantitative estimate of drug-likeness (QED) is 0.228. The van der Waals surface area contributed by atoms with E-state index in [1.165, 1.54) is 31.2 Å². The number of oxazole rings is 1. The predicted molar refractivity (Wildman–Crippen MR) is 158 cm³/mol. The van der Waals surface area contributed by atoms with Crippen LogP contribution < -0.4 is 0 Å². The Labute approximate surface area is 258 Å². The molecule has 232 valence electrons. The van der Waals surface area contributed by atoms with Crippen molar-refractivity contribution in [3.05, 3.63) is 65.7 Å². The molecule has 4 aliphatic carbocycles. The number of hydrogen-bond acceptors (Lipinski definition) is 10. The van der Waals surface area contributed by atoms with Gasteiger partial charge in [-0.15, -0.1) is 0 Å². The second-order valence-corrected chi connectivity index (χ2v) is 14.0. The fourth-order valence-electron chi connectivity index (χ4n) is 9.17. The van der Waals surface area contributed by atoms with Gasteiger partial charge < -0.3 is 19.0 Å². The van der Waals surface area contributed by atoms with E-state index in [2.05, 4.69) is 28.1 Å². The molecule has 0 aromatic carbocycles. The van der Waals surface area contributed by atoms with Crippen LogP contribution in [0, 0.1) is 34.5 Å². The number of thioether (sulfide) groups is 1. The Kier molecular flexibility index (Phi) is 7.09. The first-order valence-corrected chi connectivity index (χ1v) is 16.0. The van der Waals surface area contributed by atoms with Gasteiger partial charge in [0.1, 0.15) is 6.26 Å². The molecule has 0 unspecified atom stereocenters. The smallest absolute Gasteiger partial charge is 0.361 e. The summed E-state index contributed by atoms with van der Waals surface area (Å²) in [6, 6.07) is 2.99. The number of halogens is 1. The van der Waals surface area contributed by atoms with Crippen molar-refractivity contribution in [2.24, 2.45) is 28.6 Å². The molecule has 3 fully saturated rings. The lowest BCUT2D eigenvalue weighted by Gasteiger charge is -2.60. The number of carbonyl (C=O) groups is 2. The summed E-state index contributed by atoms with van der Waals surface area (Å²) in [7, 11) is 1.52. The number of aliphatic hydroxyl groups excluding tert-OH is 1. The highest BCUT2D eigenvalue weighted by molar-refractivity contribution is 8.13. The lowest BCUT2D eigenvalue weighted by molar-refractivity contribution is -0.174. The first-order chi connectivity index (χ1) is 21.1. The van der Waals surface area contributed by atoms with E-state index in [0.717, 1.165) is 42.3 Å². The molecular weight excluding hydrogens is 587 g/mol. The van der Waals surface area contributed by atoms with Crippen molar-refractivity contribution >= 4 is 28.9 Å². The third-order valence-corrected chi connectivity index (χ3v) is 12.0. The maximum absolute atomic E-state index is 14.0. The zero-order valence-corrected chi connectivity index (χ0v) is 25.7. The molecular formula is C32H35FN4O6S. The monoisotopic (exact) mass is 622 g/mol. The fourth-order valence-corrected chi connectivity index (χ4v) is 10.0. The number of rotatable bonds is 6. The number of ether oxygens (including phenoxy) is 2. The van der Waals surface area contributed by atoms with E-state index in [9.17, 15) is 19.1 Å². The van der Waals surface area contributed by atoms with Crippen LogP contribution in [0.2, 0.25) is 0 Å². The molecule has 12 heteroatoms. The first kappa shape index (κ1) is 29.4. The van der Waals surface area contributed by atoms with Crippen LogP contribution in [0.5, 0.6) is 0 Å². The van der Waals surface area contributed by atoms with Crippen molar-refractivity contribution in [3.63, 3.8) is 0 Å². The van der Waals surface area contributed by atoms with Crippen molar-refractivity contribution in [2.45, 2.75) is 64.1 Å². The minimum Gasteiger partial charge on any atom is -0.451 e. The highest BCUT2D eigenvalue weighted by Crippen LogP contribution is 2.69. The van der Waals surface area contributed by atoms with E-state index in [-0.39, 0.29) is 39.9 Å². The lowest BCUT2D eigenvalue weighted by Crippen LogP contribution is -2.62. The zero-order valence-electron chi connectivity index (χ0n) is 24.9. The third-order valence-electron chi connectivity index (χ3n) is 11.0. The van der Waals surface area contributed by atoms with Gasteiger partial charge in [-0.05, 0) is 85.5 Å². The number of carbonyl (C=O) groups excluding carboxylic acids is 2. The molecule has 0 spiro atoms. The van der Waals surface area contributed by atoms with E-state index in [1.54, 1.807) is 10.7 Å². The maximum Gasteiger partial charge on any atom is 0.361 e. The number of hydrogen-bond donors (Lipinski definition) is 1. The molecule has 1 N–H and O–H groups in total. The van der Waals surface area contributed by atoms with Gasteiger partial charge in [-0.1, -0.05) is 31.2 Å². The molecule has 3 heterocycles. The van der Waals surface area contributed by atoms with Crippen LogP contribution >= 0.6 is 11.8 Å². The molecule has 3 aromatic heterocycles. The molecule has 0 aliphatic heterocycles. The Morgan fingerprint density at radius 1 is 1.23 bits per heavy atom. The summed E-state index contributed by atoms with van der Waals surface area (Å²) in [6.07, 6.45) is 10.9. The van der Waals surface area contributed by atoms with Gasteiger partial charge in [-0.3, -0.25) is 4.79 Å². The number of nitrogens with zero attached hydrogens (tertiary/aromatic N) is 4. The van der Waals surface area contributed by atoms with Crippen LogP contribution in [0.1, 0.15) is 67.7 Å². The summed E-state index contributed by atoms with van der Waals surface area (Å²) in [4.78, 5) is 35.0. The van der Waals surface area contributed by atoms with E-state index in [1.807, 2.05) is 13.1 Å². The van der Waals surface area contributed by atoms with Crippen LogP contribution in [-0.2, 0) is 20.7 Å². The molecule has 3 saturated carbocycles. The Hall–Kier alpha value is -3.35. The van der Waals surface area contributed by atoms with Crippen LogP contribution in [0.3, 0.4) is 0 Å². The average Bonchev–Trinajstić information content (AvgIpc) is 3.73. The standard InChI is InChI=1S/C32H35FN4O6S/c1-30-11-18-13-36-37(20-5-7-26(33)34-14-20)24(18)10-19(30)4-6-21-22-8-9-32(29(40)44-17-41-3,31(22,2)12-25(38)27(21)30)43-28(39)23-15-42-16-35-23/h5,7,10,13-16,21-22,25,27,38H,4,6,8-9,11-12,17H2,1-3H3/t21-,22-,25-,27+,30-,31-,32-/m0/s1. The molecule has 4 aliphatic rings. The van der Waals surface area contributed by atoms with E-state index in [0.29, 0.717) is 31.4 Å². The number of methoxy groups -OCH3 is 1. The normalized spacial score (nSPS) is 33.9. The van der Waals surface area contributed by atoms with Crippen LogP contribution in [0.25, 0.3) is 11.8 Å². The van der Waals surface area contributed by atoms with Gasteiger partial charge >= 0.3 is 5.97 Å². The summed E-state index contributed by atoms with van der Waals surface area (Å²) in [5.41, 5.74) is 1.43. The summed E-state index contributed by atoms with van der Waals surface area (Å²) >= 11 is 1.00. The average molecular weight is 623 g/mol. The van der Waals surface area contributed by atoms with Crippen molar-refractivity contribution in [3.8, 4) is 5.69 Å². The molecule has 3 aromatic rings. The van der Waals surface area contributed by atoms with Crippen molar-refractivity contribution in [1.29, 1.82) is 0 Å². The molecule has 0 saturated heterocycles. The number of aromatic nitrogens is 4. The second-order valence-electron chi connectivity index (χ2n) is 13.1. The van der Waals surface area contributed by atoms with Gasteiger partial charge in [0.2, 0.25) is 11.1 Å². The predicted octanol–water partition coefficient (Wildman–Crippen LogP) is 5.01. The highest BCUT2D eigenvalue weighted by atomic mass is 32.2. The van der Waals surface area contributed by atoms with Gasteiger partial charge in [-0.2, -0.15) is 9.49 Å². The first-order valence-electron chi connectivity index (χ1n) is 15.0. The maximum atomic E-state index is 14.0. The Bertz CT molecular complexity index is 1630. The van der Waals surface area contributed by atoms with E-state index < -0.39 is 29.0 Å². The van der Waals surface area contributed by atoms with E-state index >= 15 is 0 Å². The summed E-state index contributed by atoms with van der Waals surface area (Å²) in [5, 5.41) is 16.4. The lowest BCUT2D eigenvalue weighted by atomic mass is 9.45. The molecule has 0 radical (unpaired) electrons. The second kappa shape index (κ2) is 10.6. The number of pyridine rings is 1. The highest BCUT2D eigenvalue weighted by Gasteiger charge is 2.70. The van der Waals surface area contributed by atoms with Crippen LogP contribution in [0.4, 0.5) is 4.39 Å². The number of fused-ring (bicyclic) bond motifs is 6. The summed E-state index contributed by atoms with van der Waals surface area (Å²) < 4.78 is 31.7. The topological polar surface area (TPSA) is 130 Å². The largest absolute Gasteiger partial charge is 0.451 e. The Morgan fingerprint density at radius 3 is 2.80 bits per heavy atom. The van der Waals surface area contributed by atoms with E-state index in [4.69, 9.17) is 13.9 Å². The summed E-state index contributed by atoms with van der Waals surface area (Å²) in [5.74, 6) is -0.989. The number of aliphatic hydroxyl groups is 1. The molecule has 0 bridgehead atoms. The molecule has 7 atom stereocenters. The van der Waals surface area contributed by atoms with Gasteiger partial charge in [0, 0.05) is 12.5 Å². The molecule has 0 amide bonds. The minimum atomic E-state index is -1.44. The molecule has 44 heavy (non-hydrogen) atoms.